The molecule has 0 unspecified atom stereocenters. The maximum absolute atomic E-state index is 12.0. The van der Waals surface area contributed by atoms with Crippen LogP contribution in [0.2, 0.25) is 0 Å². The van der Waals surface area contributed by atoms with Crippen molar-refractivity contribution in [2.75, 3.05) is 45.9 Å². The molecule has 0 radical (unpaired) electrons. The molecule has 1 aliphatic heterocycles. The molecule has 1 rings (SSSR count). The Morgan fingerprint density at radius 1 is 1.16 bits per heavy atom. The number of carbonyl (C=O) groups is 2. The average Bonchev–Trinajstić information content (AvgIpc) is 2.62. The molecule has 0 aromatic carbocycles. The summed E-state index contributed by atoms with van der Waals surface area (Å²) in [6.07, 6.45) is 1.29. The highest BCUT2D eigenvalue weighted by Crippen LogP contribution is 2.06. The normalized spacial score (nSPS) is 17.1. The number of rotatable bonds is 6. The second-order valence-electron chi connectivity index (χ2n) is 4.60. The first-order valence-electron chi connectivity index (χ1n) is 6.94. The summed E-state index contributed by atoms with van der Waals surface area (Å²) in [7, 11) is 0. The van der Waals surface area contributed by atoms with Crippen LogP contribution in [0.3, 0.4) is 0 Å². The molecule has 1 heterocycles. The molecule has 1 fully saturated rings. The zero-order chi connectivity index (χ0) is 14.1. The fourth-order valence-corrected chi connectivity index (χ4v) is 2.19. The number of ether oxygens (including phenoxy) is 1. The van der Waals surface area contributed by atoms with Crippen LogP contribution in [-0.4, -0.2) is 72.7 Å². The van der Waals surface area contributed by atoms with Gasteiger partial charge in [-0.2, -0.15) is 0 Å². The van der Waals surface area contributed by atoms with Crippen molar-refractivity contribution >= 4 is 11.9 Å². The Morgan fingerprint density at radius 3 is 2.63 bits per heavy atom. The molecule has 6 heteroatoms. The lowest BCUT2D eigenvalue weighted by Crippen LogP contribution is -2.36. The summed E-state index contributed by atoms with van der Waals surface area (Å²) in [5.74, 6) is -0.300. The van der Waals surface area contributed by atoms with Crippen LogP contribution < -0.4 is 0 Å². The van der Waals surface area contributed by atoms with Gasteiger partial charge < -0.3 is 14.7 Å². The Bertz CT molecular complexity index is 296. The van der Waals surface area contributed by atoms with Crippen LogP contribution in [-0.2, 0) is 14.3 Å². The van der Waals surface area contributed by atoms with Gasteiger partial charge in [0, 0.05) is 32.6 Å². The van der Waals surface area contributed by atoms with Gasteiger partial charge in [0.15, 0.2) is 0 Å². The third-order valence-electron chi connectivity index (χ3n) is 3.21. The highest BCUT2D eigenvalue weighted by Gasteiger charge is 2.19. The number of nitrogens with zero attached hydrogens (tertiary/aromatic N) is 2. The van der Waals surface area contributed by atoms with E-state index in [4.69, 9.17) is 9.84 Å². The zero-order valence-corrected chi connectivity index (χ0v) is 11.6. The van der Waals surface area contributed by atoms with Crippen molar-refractivity contribution in [2.45, 2.75) is 26.2 Å². The predicted octanol–water partition coefficient (Wildman–Crippen LogP) is -0.144. The third kappa shape index (κ3) is 6.02. The Morgan fingerprint density at radius 2 is 1.95 bits per heavy atom. The largest absolute Gasteiger partial charge is 0.466 e. The standard InChI is InChI=1S/C13H24N2O4/c1-2-19-13(18)5-4-12(17)15-7-3-6-14(8-9-15)10-11-16/h16H,2-11H2,1H3. The molecular formula is C13H24N2O4. The van der Waals surface area contributed by atoms with Gasteiger partial charge in [-0.05, 0) is 19.9 Å². The van der Waals surface area contributed by atoms with Gasteiger partial charge >= 0.3 is 5.97 Å². The lowest BCUT2D eigenvalue weighted by Gasteiger charge is -2.21. The Kier molecular flexibility index (Phi) is 7.43. The van der Waals surface area contributed by atoms with Gasteiger partial charge in [-0.3, -0.25) is 14.5 Å². The molecule has 0 saturated carbocycles. The first-order chi connectivity index (χ1) is 9.17. The van der Waals surface area contributed by atoms with Crippen molar-refractivity contribution in [3.63, 3.8) is 0 Å². The molecule has 0 aromatic rings. The summed E-state index contributed by atoms with van der Waals surface area (Å²) in [5.41, 5.74) is 0. The third-order valence-corrected chi connectivity index (χ3v) is 3.21. The minimum absolute atomic E-state index is 0.0129. The number of esters is 1. The molecule has 1 aliphatic rings. The van der Waals surface area contributed by atoms with Gasteiger partial charge in [0.2, 0.25) is 5.91 Å². The molecule has 0 spiro atoms. The first-order valence-corrected chi connectivity index (χ1v) is 6.94. The molecule has 1 saturated heterocycles. The molecule has 0 aromatic heterocycles. The van der Waals surface area contributed by atoms with Gasteiger partial charge in [0.1, 0.15) is 0 Å². The lowest BCUT2D eigenvalue weighted by atomic mass is 10.2. The maximum Gasteiger partial charge on any atom is 0.306 e. The summed E-state index contributed by atoms with van der Waals surface area (Å²) in [6.45, 7) is 6.00. The van der Waals surface area contributed by atoms with E-state index in [0.717, 1.165) is 26.1 Å². The Balaban J connectivity index is 2.30. The van der Waals surface area contributed by atoms with Crippen LogP contribution >= 0.6 is 0 Å². The second-order valence-corrected chi connectivity index (χ2v) is 4.60. The molecule has 0 bridgehead atoms. The van der Waals surface area contributed by atoms with Gasteiger partial charge in [0.05, 0.1) is 19.6 Å². The smallest absolute Gasteiger partial charge is 0.306 e. The summed E-state index contributed by atoms with van der Waals surface area (Å²) in [4.78, 5) is 27.1. The van der Waals surface area contributed by atoms with Crippen molar-refractivity contribution < 1.29 is 19.4 Å². The highest BCUT2D eigenvalue weighted by atomic mass is 16.5. The molecule has 0 aliphatic carbocycles. The van der Waals surface area contributed by atoms with E-state index < -0.39 is 0 Å². The number of carbonyl (C=O) groups excluding carboxylic acids is 2. The van der Waals surface area contributed by atoms with E-state index in [1.54, 1.807) is 11.8 Å². The number of β-amino-alcohol motifs (C(OH)–C–C–N with tert-alkyl or cyclic N) is 1. The van der Waals surface area contributed by atoms with Crippen molar-refractivity contribution in [3.8, 4) is 0 Å². The number of aliphatic hydroxyl groups excluding tert-OH is 1. The average molecular weight is 272 g/mol. The summed E-state index contributed by atoms with van der Waals surface area (Å²) in [6, 6.07) is 0. The van der Waals surface area contributed by atoms with Crippen LogP contribution in [0.1, 0.15) is 26.2 Å². The highest BCUT2D eigenvalue weighted by molar-refractivity contribution is 5.81. The van der Waals surface area contributed by atoms with Crippen LogP contribution in [0.5, 0.6) is 0 Å². The van der Waals surface area contributed by atoms with Crippen LogP contribution in [0.25, 0.3) is 0 Å². The molecule has 1 N–H and O–H groups in total. The Hall–Kier alpha value is -1.14. The molecular weight excluding hydrogens is 248 g/mol. The quantitative estimate of drug-likeness (QED) is 0.681. The summed E-state index contributed by atoms with van der Waals surface area (Å²) in [5, 5.41) is 8.91. The van der Waals surface area contributed by atoms with Crippen molar-refractivity contribution in [2.24, 2.45) is 0 Å². The molecule has 19 heavy (non-hydrogen) atoms. The topological polar surface area (TPSA) is 70.1 Å². The number of amides is 1. The van der Waals surface area contributed by atoms with Crippen molar-refractivity contribution in [1.29, 1.82) is 0 Å². The van der Waals surface area contributed by atoms with E-state index in [1.165, 1.54) is 0 Å². The molecule has 1 amide bonds. The van der Waals surface area contributed by atoms with E-state index >= 15 is 0 Å². The minimum Gasteiger partial charge on any atom is -0.466 e. The summed E-state index contributed by atoms with van der Waals surface area (Å²) < 4.78 is 4.81. The fourth-order valence-electron chi connectivity index (χ4n) is 2.19. The fraction of sp³-hybridized carbons (Fsp3) is 0.846. The zero-order valence-electron chi connectivity index (χ0n) is 11.6. The second kappa shape index (κ2) is 8.87. The number of hydrogen-bond acceptors (Lipinski definition) is 5. The van der Waals surface area contributed by atoms with Crippen LogP contribution in [0.4, 0.5) is 0 Å². The number of aliphatic hydroxyl groups is 1. The monoisotopic (exact) mass is 272 g/mol. The van der Waals surface area contributed by atoms with E-state index in [9.17, 15) is 9.59 Å². The summed E-state index contributed by atoms with van der Waals surface area (Å²) >= 11 is 0. The Labute approximate surface area is 114 Å². The van der Waals surface area contributed by atoms with Crippen molar-refractivity contribution in [3.05, 3.63) is 0 Å². The van der Waals surface area contributed by atoms with E-state index in [0.29, 0.717) is 19.7 Å². The SMILES string of the molecule is CCOC(=O)CCC(=O)N1CCCN(CCO)CC1. The molecule has 110 valence electrons. The van der Waals surface area contributed by atoms with Crippen LogP contribution in [0, 0.1) is 0 Å². The van der Waals surface area contributed by atoms with Gasteiger partial charge in [-0.15, -0.1) is 0 Å². The molecule has 6 nitrogen and oxygen atoms in total. The lowest BCUT2D eigenvalue weighted by molar-refractivity contribution is -0.145. The van der Waals surface area contributed by atoms with Crippen molar-refractivity contribution in [1.82, 2.24) is 9.80 Å². The maximum atomic E-state index is 12.0. The predicted molar refractivity (Wildman–Crippen MR) is 70.6 cm³/mol. The van der Waals surface area contributed by atoms with Crippen LogP contribution in [0.15, 0.2) is 0 Å². The molecule has 0 atom stereocenters. The van der Waals surface area contributed by atoms with E-state index in [1.807, 2.05) is 0 Å². The minimum atomic E-state index is -0.312. The van der Waals surface area contributed by atoms with Gasteiger partial charge in [-0.1, -0.05) is 0 Å². The van der Waals surface area contributed by atoms with E-state index in [-0.39, 0.29) is 31.3 Å². The van der Waals surface area contributed by atoms with Gasteiger partial charge in [-0.25, -0.2) is 0 Å². The van der Waals surface area contributed by atoms with E-state index in [2.05, 4.69) is 4.90 Å². The first kappa shape index (κ1) is 15.9. The van der Waals surface area contributed by atoms with Gasteiger partial charge in [0.25, 0.3) is 0 Å². The number of hydrogen-bond donors (Lipinski definition) is 1.